The molecule has 0 aliphatic heterocycles. The number of aliphatic hydroxyl groups is 1. The molecule has 2 heteroatoms. The van der Waals surface area contributed by atoms with Crippen LogP contribution >= 0.6 is 15.9 Å². The number of terminal acetylenes is 1. The van der Waals surface area contributed by atoms with E-state index in [1.807, 2.05) is 24.3 Å². The Morgan fingerprint density at radius 2 is 2.14 bits per heavy atom. The van der Waals surface area contributed by atoms with E-state index in [2.05, 4.69) is 21.9 Å². The van der Waals surface area contributed by atoms with Crippen LogP contribution in [0.4, 0.5) is 0 Å². The highest BCUT2D eigenvalue weighted by atomic mass is 79.9. The smallest absolute Gasteiger partial charge is 0.0590 e. The first kappa shape index (κ1) is 11.3. The van der Waals surface area contributed by atoms with Crippen molar-refractivity contribution in [1.82, 2.24) is 0 Å². The van der Waals surface area contributed by atoms with Crippen molar-refractivity contribution in [3.63, 3.8) is 0 Å². The Morgan fingerprint density at radius 1 is 1.43 bits per heavy atom. The largest absolute Gasteiger partial charge is 0.393 e. The summed E-state index contributed by atoms with van der Waals surface area (Å²) < 4.78 is 1.04. The Hall–Kier alpha value is -0.780. The van der Waals surface area contributed by atoms with Crippen LogP contribution in [0, 0.1) is 12.3 Å². The highest BCUT2D eigenvalue weighted by Gasteiger charge is 2.06. The van der Waals surface area contributed by atoms with Gasteiger partial charge in [-0.2, -0.15) is 0 Å². The molecule has 1 N–H and O–H groups in total. The summed E-state index contributed by atoms with van der Waals surface area (Å²) in [5.41, 5.74) is 1.12. The van der Waals surface area contributed by atoms with E-state index in [9.17, 15) is 5.11 Å². The summed E-state index contributed by atoms with van der Waals surface area (Å²) in [5.74, 6) is 2.53. The van der Waals surface area contributed by atoms with E-state index >= 15 is 0 Å². The minimum absolute atomic E-state index is 0.343. The zero-order chi connectivity index (χ0) is 10.4. The quantitative estimate of drug-likeness (QED) is 0.818. The van der Waals surface area contributed by atoms with Crippen LogP contribution < -0.4 is 0 Å². The lowest BCUT2D eigenvalue weighted by molar-refractivity contribution is 0.166. The number of hydrogen-bond donors (Lipinski definition) is 1. The molecule has 0 bridgehead atoms. The van der Waals surface area contributed by atoms with Crippen molar-refractivity contribution < 1.29 is 5.11 Å². The molecule has 1 unspecified atom stereocenters. The third kappa shape index (κ3) is 3.53. The Bertz CT molecular complexity index is 327. The van der Waals surface area contributed by atoms with Gasteiger partial charge in [0, 0.05) is 10.9 Å². The second-order valence-corrected chi connectivity index (χ2v) is 4.05. The maximum atomic E-state index is 9.64. The molecular formula is C12H13BrO. The number of aliphatic hydroxyl groups excluding tert-OH is 1. The summed E-state index contributed by atoms with van der Waals surface area (Å²) in [5, 5.41) is 9.64. The lowest BCUT2D eigenvalue weighted by atomic mass is 10.0. The fraction of sp³-hybridized carbons (Fsp3) is 0.333. The van der Waals surface area contributed by atoms with Crippen LogP contribution in [0.25, 0.3) is 0 Å². The fourth-order valence-corrected chi connectivity index (χ4v) is 1.72. The summed E-state index contributed by atoms with van der Waals surface area (Å²) in [6, 6.07) is 7.90. The van der Waals surface area contributed by atoms with Crippen molar-refractivity contribution in [3.05, 3.63) is 34.3 Å². The van der Waals surface area contributed by atoms with Crippen LogP contribution in [0.5, 0.6) is 0 Å². The van der Waals surface area contributed by atoms with Gasteiger partial charge in [-0.25, -0.2) is 0 Å². The average Bonchev–Trinajstić information content (AvgIpc) is 2.18. The van der Waals surface area contributed by atoms with Crippen LogP contribution in [-0.2, 0) is 6.42 Å². The minimum atomic E-state index is -0.343. The van der Waals surface area contributed by atoms with E-state index in [1.54, 1.807) is 0 Å². The molecule has 1 aromatic rings. The topological polar surface area (TPSA) is 20.2 Å². The van der Waals surface area contributed by atoms with E-state index in [1.165, 1.54) is 0 Å². The van der Waals surface area contributed by atoms with Crippen molar-refractivity contribution in [2.24, 2.45) is 0 Å². The van der Waals surface area contributed by atoms with Crippen molar-refractivity contribution in [2.75, 3.05) is 0 Å². The minimum Gasteiger partial charge on any atom is -0.393 e. The molecule has 0 fully saturated rings. The number of hydrogen-bond acceptors (Lipinski definition) is 1. The first-order valence-corrected chi connectivity index (χ1v) is 5.38. The van der Waals surface area contributed by atoms with Gasteiger partial charge in [0.2, 0.25) is 0 Å². The molecular weight excluding hydrogens is 240 g/mol. The molecule has 0 amide bonds. The summed E-state index contributed by atoms with van der Waals surface area (Å²) in [4.78, 5) is 0. The summed E-state index contributed by atoms with van der Waals surface area (Å²) in [6.07, 6.45) is 6.74. The molecule has 0 heterocycles. The molecule has 1 atom stereocenters. The first-order valence-electron chi connectivity index (χ1n) is 4.59. The van der Waals surface area contributed by atoms with Gasteiger partial charge in [-0.3, -0.25) is 0 Å². The van der Waals surface area contributed by atoms with Gasteiger partial charge < -0.3 is 5.11 Å². The zero-order valence-electron chi connectivity index (χ0n) is 7.91. The van der Waals surface area contributed by atoms with Crippen LogP contribution in [0.1, 0.15) is 18.4 Å². The van der Waals surface area contributed by atoms with E-state index in [0.717, 1.165) is 10.0 Å². The second kappa shape index (κ2) is 5.85. The predicted molar refractivity (Wildman–Crippen MR) is 61.9 cm³/mol. The maximum Gasteiger partial charge on any atom is 0.0590 e. The van der Waals surface area contributed by atoms with Crippen LogP contribution in [0.2, 0.25) is 0 Å². The van der Waals surface area contributed by atoms with Crippen molar-refractivity contribution >= 4 is 15.9 Å². The second-order valence-electron chi connectivity index (χ2n) is 3.19. The van der Waals surface area contributed by atoms with E-state index in [0.29, 0.717) is 19.3 Å². The summed E-state index contributed by atoms with van der Waals surface area (Å²) in [6.45, 7) is 0. The Kier molecular flexibility index (Phi) is 4.72. The lowest BCUT2D eigenvalue weighted by Crippen LogP contribution is -2.10. The highest BCUT2D eigenvalue weighted by Crippen LogP contribution is 2.18. The van der Waals surface area contributed by atoms with Gasteiger partial charge in [-0.15, -0.1) is 12.3 Å². The normalized spacial score (nSPS) is 12.1. The van der Waals surface area contributed by atoms with Crippen molar-refractivity contribution in [3.8, 4) is 12.3 Å². The van der Waals surface area contributed by atoms with Gasteiger partial charge in [0.1, 0.15) is 0 Å². The van der Waals surface area contributed by atoms with Gasteiger partial charge in [0.25, 0.3) is 0 Å². The molecule has 0 saturated carbocycles. The molecule has 14 heavy (non-hydrogen) atoms. The third-order valence-electron chi connectivity index (χ3n) is 2.04. The van der Waals surface area contributed by atoms with Crippen molar-refractivity contribution in [1.29, 1.82) is 0 Å². The maximum absolute atomic E-state index is 9.64. The Labute approximate surface area is 93.3 Å². The monoisotopic (exact) mass is 252 g/mol. The van der Waals surface area contributed by atoms with E-state index in [-0.39, 0.29) is 6.10 Å². The van der Waals surface area contributed by atoms with Crippen LogP contribution in [0.3, 0.4) is 0 Å². The van der Waals surface area contributed by atoms with Gasteiger partial charge in [-0.1, -0.05) is 34.1 Å². The molecule has 0 saturated heterocycles. The third-order valence-corrected chi connectivity index (χ3v) is 2.81. The number of rotatable bonds is 4. The molecule has 0 aromatic heterocycles. The van der Waals surface area contributed by atoms with Crippen molar-refractivity contribution in [2.45, 2.75) is 25.4 Å². The van der Waals surface area contributed by atoms with E-state index < -0.39 is 0 Å². The molecule has 0 aliphatic carbocycles. The predicted octanol–water partition coefficient (Wildman–Crippen LogP) is 2.77. The van der Waals surface area contributed by atoms with Gasteiger partial charge >= 0.3 is 0 Å². The molecule has 1 nitrogen and oxygen atoms in total. The Balaban J connectivity index is 2.52. The van der Waals surface area contributed by atoms with Gasteiger partial charge in [0.15, 0.2) is 0 Å². The average molecular weight is 253 g/mol. The van der Waals surface area contributed by atoms with Crippen LogP contribution in [-0.4, -0.2) is 11.2 Å². The standard InChI is InChI=1S/C12H13BrO/c1-2-3-7-11(14)9-10-6-4-5-8-12(10)13/h1,4-6,8,11,14H,3,7,9H2. The fourth-order valence-electron chi connectivity index (χ4n) is 1.27. The summed E-state index contributed by atoms with van der Waals surface area (Å²) >= 11 is 3.44. The van der Waals surface area contributed by atoms with Gasteiger partial charge in [-0.05, 0) is 24.5 Å². The molecule has 0 radical (unpaired) electrons. The summed E-state index contributed by atoms with van der Waals surface area (Å²) in [7, 11) is 0. The molecule has 1 aromatic carbocycles. The van der Waals surface area contributed by atoms with E-state index in [4.69, 9.17) is 6.42 Å². The van der Waals surface area contributed by atoms with Gasteiger partial charge in [0.05, 0.1) is 6.10 Å². The molecule has 0 aliphatic rings. The Morgan fingerprint density at radius 3 is 2.79 bits per heavy atom. The molecule has 0 spiro atoms. The number of halogens is 1. The first-order chi connectivity index (χ1) is 6.74. The zero-order valence-corrected chi connectivity index (χ0v) is 9.50. The number of benzene rings is 1. The highest BCUT2D eigenvalue weighted by molar-refractivity contribution is 9.10. The molecule has 1 rings (SSSR count). The molecule has 74 valence electrons. The SMILES string of the molecule is C#CCCC(O)Cc1ccccc1Br. The van der Waals surface area contributed by atoms with Crippen LogP contribution in [0.15, 0.2) is 28.7 Å². The lowest BCUT2D eigenvalue weighted by Gasteiger charge is -2.09.